The first-order valence-electron chi connectivity index (χ1n) is 4.93. The number of carbonyl (C=O) groups is 1. The molecule has 1 fully saturated rings. The van der Waals surface area contributed by atoms with Crippen molar-refractivity contribution in [2.45, 2.75) is 18.9 Å². The lowest BCUT2D eigenvalue weighted by atomic mass is 10.4. The Kier molecular flexibility index (Phi) is 2.45. The van der Waals surface area contributed by atoms with E-state index in [2.05, 4.69) is 10.3 Å². The Bertz CT molecular complexity index is 375. The quantitative estimate of drug-likeness (QED) is 0.757. The van der Waals surface area contributed by atoms with Crippen LogP contribution in [0, 0.1) is 0 Å². The summed E-state index contributed by atoms with van der Waals surface area (Å²) in [5.41, 5.74) is 6.23. The maximum atomic E-state index is 11.7. The SMILES string of the molecule is CN(C(=O)NC1CC1)c1ncccc1N. The average molecular weight is 206 g/mol. The van der Waals surface area contributed by atoms with Crippen molar-refractivity contribution in [1.29, 1.82) is 0 Å². The molecule has 0 saturated heterocycles. The molecular weight excluding hydrogens is 192 g/mol. The van der Waals surface area contributed by atoms with Gasteiger partial charge in [0.1, 0.15) is 0 Å². The van der Waals surface area contributed by atoms with Crippen molar-refractivity contribution in [3.05, 3.63) is 18.3 Å². The number of anilines is 2. The number of pyridine rings is 1. The summed E-state index contributed by atoms with van der Waals surface area (Å²) in [6, 6.07) is 3.65. The van der Waals surface area contributed by atoms with E-state index >= 15 is 0 Å². The van der Waals surface area contributed by atoms with Gasteiger partial charge in [-0.1, -0.05) is 0 Å². The second kappa shape index (κ2) is 3.76. The van der Waals surface area contributed by atoms with Gasteiger partial charge in [-0.05, 0) is 25.0 Å². The Balaban J connectivity index is 2.08. The van der Waals surface area contributed by atoms with Gasteiger partial charge in [-0.2, -0.15) is 0 Å². The Morgan fingerprint density at radius 1 is 1.67 bits per heavy atom. The highest BCUT2D eigenvalue weighted by molar-refractivity contribution is 5.93. The zero-order valence-electron chi connectivity index (χ0n) is 8.60. The topological polar surface area (TPSA) is 71.2 Å². The number of rotatable bonds is 2. The van der Waals surface area contributed by atoms with Gasteiger partial charge < -0.3 is 11.1 Å². The van der Waals surface area contributed by atoms with Gasteiger partial charge in [0.25, 0.3) is 0 Å². The predicted octanol–water partition coefficient (Wildman–Crippen LogP) is 0.972. The fraction of sp³-hybridized carbons (Fsp3) is 0.400. The van der Waals surface area contributed by atoms with Crippen LogP contribution < -0.4 is 16.0 Å². The van der Waals surface area contributed by atoms with Gasteiger partial charge in [0.15, 0.2) is 5.82 Å². The third-order valence-corrected chi connectivity index (χ3v) is 2.34. The van der Waals surface area contributed by atoms with E-state index in [1.807, 2.05) is 0 Å². The number of hydrogen-bond acceptors (Lipinski definition) is 3. The second-order valence-corrected chi connectivity index (χ2v) is 3.70. The van der Waals surface area contributed by atoms with E-state index in [0.717, 1.165) is 12.8 Å². The number of carbonyl (C=O) groups excluding carboxylic acids is 1. The zero-order valence-corrected chi connectivity index (χ0v) is 8.60. The summed E-state index contributed by atoms with van der Waals surface area (Å²) in [4.78, 5) is 17.2. The molecule has 0 aromatic carbocycles. The molecule has 0 bridgehead atoms. The van der Waals surface area contributed by atoms with E-state index in [4.69, 9.17) is 5.73 Å². The van der Waals surface area contributed by atoms with Gasteiger partial charge in [-0.25, -0.2) is 9.78 Å². The molecule has 0 spiro atoms. The molecule has 1 aromatic rings. The molecule has 0 unspecified atom stereocenters. The Hall–Kier alpha value is -1.78. The van der Waals surface area contributed by atoms with E-state index < -0.39 is 0 Å². The largest absolute Gasteiger partial charge is 0.396 e. The van der Waals surface area contributed by atoms with Crippen molar-refractivity contribution < 1.29 is 4.79 Å². The van der Waals surface area contributed by atoms with Gasteiger partial charge in [0, 0.05) is 19.3 Å². The van der Waals surface area contributed by atoms with Crippen LogP contribution in [0.1, 0.15) is 12.8 Å². The molecule has 0 aliphatic heterocycles. The highest BCUT2D eigenvalue weighted by Gasteiger charge is 2.25. The van der Waals surface area contributed by atoms with Crippen LogP contribution in [-0.2, 0) is 0 Å². The lowest BCUT2D eigenvalue weighted by Crippen LogP contribution is -2.39. The van der Waals surface area contributed by atoms with Crippen LogP contribution in [0.5, 0.6) is 0 Å². The van der Waals surface area contributed by atoms with Crippen LogP contribution in [0.25, 0.3) is 0 Å². The van der Waals surface area contributed by atoms with Crippen LogP contribution in [0.2, 0.25) is 0 Å². The number of urea groups is 1. The highest BCUT2D eigenvalue weighted by Crippen LogP contribution is 2.21. The minimum Gasteiger partial charge on any atom is -0.396 e. The van der Waals surface area contributed by atoms with E-state index in [9.17, 15) is 4.79 Å². The molecule has 80 valence electrons. The van der Waals surface area contributed by atoms with Gasteiger partial charge in [-0.3, -0.25) is 4.90 Å². The molecule has 3 N–H and O–H groups in total. The molecule has 5 heteroatoms. The Morgan fingerprint density at radius 3 is 3.00 bits per heavy atom. The van der Waals surface area contributed by atoms with Crippen LogP contribution in [-0.4, -0.2) is 24.1 Å². The lowest BCUT2D eigenvalue weighted by molar-refractivity contribution is 0.247. The summed E-state index contributed by atoms with van der Waals surface area (Å²) in [5, 5.41) is 2.87. The van der Waals surface area contributed by atoms with Crippen molar-refractivity contribution in [2.75, 3.05) is 17.7 Å². The Morgan fingerprint density at radius 2 is 2.40 bits per heavy atom. The van der Waals surface area contributed by atoms with E-state index in [1.165, 1.54) is 4.90 Å². The normalized spacial score (nSPS) is 14.7. The smallest absolute Gasteiger partial charge is 0.323 e. The molecule has 0 atom stereocenters. The van der Waals surface area contributed by atoms with Crippen LogP contribution in [0.4, 0.5) is 16.3 Å². The third kappa shape index (κ3) is 2.18. The first-order chi connectivity index (χ1) is 7.18. The van der Waals surface area contributed by atoms with Crippen LogP contribution in [0.3, 0.4) is 0 Å². The van der Waals surface area contributed by atoms with E-state index in [-0.39, 0.29) is 6.03 Å². The van der Waals surface area contributed by atoms with Crippen molar-refractivity contribution >= 4 is 17.5 Å². The molecule has 1 aliphatic rings. The number of nitrogens with zero attached hydrogens (tertiary/aromatic N) is 2. The third-order valence-electron chi connectivity index (χ3n) is 2.34. The number of hydrogen-bond donors (Lipinski definition) is 2. The molecule has 1 aliphatic carbocycles. The van der Waals surface area contributed by atoms with Crippen molar-refractivity contribution in [3.63, 3.8) is 0 Å². The molecule has 15 heavy (non-hydrogen) atoms. The number of nitrogens with two attached hydrogens (primary N) is 1. The molecule has 0 radical (unpaired) electrons. The van der Waals surface area contributed by atoms with Crippen LogP contribution in [0.15, 0.2) is 18.3 Å². The summed E-state index contributed by atoms with van der Waals surface area (Å²) in [6.07, 6.45) is 3.75. The highest BCUT2D eigenvalue weighted by atomic mass is 16.2. The number of aromatic nitrogens is 1. The first-order valence-corrected chi connectivity index (χ1v) is 4.93. The van der Waals surface area contributed by atoms with Gasteiger partial charge in [-0.15, -0.1) is 0 Å². The molecular formula is C10H14N4O. The van der Waals surface area contributed by atoms with Gasteiger partial charge in [0.2, 0.25) is 0 Å². The minimum absolute atomic E-state index is 0.150. The zero-order chi connectivity index (χ0) is 10.8. The monoisotopic (exact) mass is 206 g/mol. The first kappa shape index (κ1) is 9.76. The molecule has 2 rings (SSSR count). The number of nitrogens with one attached hydrogen (secondary N) is 1. The average Bonchev–Trinajstić information content (AvgIpc) is 3.01. The second-order valence-electron chi connectivity index (χ2n) is 3.70. The van der Waals surface area contributed by atoms with Gasteiger partial charge >= 0.3 is 6.03 Å². The van der Waals surface area contributed by atoms with Crippen LogP contribution >= 0.6 is 0 Å². The molecule has 1 heterocycles. The van der Waals surface area contributed by atoms with E-state index in [1.54, 1.807) is 25.4 Å². The summed E-state index contributed by atoms with van der Waals surface area (Å²) in [6.45, 7) is 0. The summed E-state index contributed by atoms with van der Waals surface area (Å²) < 4.78 is 0. The van der Waals surface area contributed by atoms with Crippen molar-refractivity contribution in [2.24, 2.45) is 0 Å². The summed E-state index contributed by atoms with van der Waals surface area (Å²) >= 11 is 0. The summed E-state index contributed by atoms with van der Waals surface area (Å²) in [5.74, 6) is 0.496. The molecule has 1 saturated carbocycles. The van der Waals surface area contributed by atoms with E-state index in [0.29, 0.717) is 17.5 Å². The molecule has 2 amide bonds. The maximum absolute atomic E-state index is 11.7. The van der Waals surface area contributed by atoms with Crippen molar-refractivity contribution in [1.82, 2.24) is 10.3 Å². The minimum atomic E-state index is -0.150. The molecule has 1 aromatic heterocycles. The fourth-order valence-corrected chi connectivity index (χ4v) is 1.28. The Labute approximate surface area is 88.3 Å². The van der Waals surface area contributed by atoms with Crippen molar-refractivity contribution in [3.8, 4) is 0 Å². The fourth-order valence-electron chi connectivity index (χ4n) is 1.28. The lowest BCUT2D eigenvalue weighted by Gasteiger charge is -2.18. The standard InChI is InChI=1S/C10H14N4O/c1-14(10(15)13-7-4-5-7)9-8(11)3-2-6-12-9/h2-3,6-7H,4-5,11H2,1H3,(H,13,15). The summed E-state index contributed by atoms with van der Waals surface area (Å²) in [7, 11) is 1.66. The number of nitrogen functional groups attached to an aromatic ring is 1. The number of amides is 2. The maximum Gasteiger partial charge on any atom is 0.323 e. The molecule has 5 nitrogen and oxygen atoms in total. The predicted molar refractivity (Wildman–Crippen MR) is 58.6 cm³/mol. The van der Waals surface area contributed by atoms with Gasteiger partial charge in [0.05, 0.1) is 5.69 Å².